The zero-order valence-electron chi connectivity index (χ0n) is 18.1. The molecule has 1 N–H and O–H groups in total. The van der Waals surface area contributed by atoms with Crippen molar-refractivity contribution >= 4 is 5.91 Å². The van der Waals surface area contributed by atoms with Gasteiger partial charge in [-0.3, -0.25) is 19.7 Å². The number of rotatable bonds is 6. The number of hydrogen-bond donors (Lipinski definition) is 1. The van der Waals surface area contributed by atoms with E-state index < -0.39 is 23.7 Å². The predicted molar refractivity (Wildman–Crippen MR) is 115 cm³/mol. The van der Waals surface area contributed by atoms with Gasteiger partial charge in [-0.2, -0.15) is 13.5 Å². The highest BCUT2D eigenvalue weighted by atomic mass is 19.3. The number of amides is 1. The van der Waals surface area contributed by atoms with Crippen LogP contribution in [0.1, 0.15) is 47.3 Å². The standard InChI is InChI=1S/C22H20F2N8O/c1-13-4-5-18(27-11-13)15-8-16(20(33)28-14(2)19-12-25-6-7-26-19)10-17(9-15)32-21(22(3,23)24)29-30-31-32/h4-12,14H,1-3H3,(H,28,33). The van der Waals surface area contributed by atoms with Gasteiger partial charge in [0.2, 0.25) is 5.82 Å². The van der Waals surface area contributed by atoms with Crippen LogP contribution in [0, 0.1) is 6.92 Å². The fraction of sp³-hybridized carbons (Fsp3) is 0.227. The van der Waals surface area contributed by atoms with Crippen molar-refractivity contribution in [3.05, 3.63) is 77.8 Å². The first-order valence-corrected chi connectivity index (χ1v) is 10.0. The van der Waals surface area contributed by atoms with E-state index in [1.165, 1.54) is 18.5 Å². The Balaban J connectivity index is 1.77. The van der Waals surface area contributed by atoms with Crippen molar-refractivity contribution < 1.29 is 13.6 Å². The van der Waals surface area contributed by atoms with E-state index in [0.29, 0.717) is 23.9 Å². The Morgan fingerprint density at radius 1 is 1.12 bits per heavy atom. The summed E-state index contributed by atoms with van der Waals surface area (Å²) in [7, 11) is 0. The molecule has 1 unspecified atom stereocenters. The van der Waals surface area contributed by atoms with E-state index in [2.05, 4.69) is 35.8 Å². The zero-order chi connectivity index (χ0) is 23.6. The molecular weight excluding hydrogens is 430 g/mol. The largest absolute Gasteiger partial charge is 0.344 e. The monoisotopic (exact) mass is 450 g/mol. The number of nitrogens with zero attached hydrogens (tertiary/aromatic N) is 7. The van der Waals surface area contributed by atoms with Gasteiger partial charge in [-0.05, 0) is 54.1 Å². The van der Waals surface area contributed by atoms with Crippen LogP contribution in [0.4, 0.5) is 8.78 Å². The minimum atomic E-state index is -3.29. The van der Waals surface area contributed by atoms with Crippen molar-refractivity contribution in [2.45, 2.75) is 32.7 Å². The molecule has 3 heterocycles. The average Bonchev–Trinajstić information content (AvgIpc) is 3.31. The van der Waals surface area contributed by atoms with Crippen molar-refractivity contribution in [3.8, 4) is 16.9 Å². The number of halogens is 2. The van der Waals surface area contributed by atoms with Gasteiger partial charge in [0.15, 0.2) is 0 Å². The number of aromatic nitrogens is 7. The summed E-state index contributed by atoms with van der Waals surface area (Å²) in [5.41, 5.74) is 3.08. The van der Waals surface area contributed by atoms with Crippen LogP contribution in [0.15, 0.2) is 55.1 Å². The first-order valence-electron chi connectivity index (χ1n) is 10.0. The topological polar surface area (TPSA) is 111 Å². The van der Waals surface area contributed by atoms with Gasteiger partial charge in [-0.1, -0.05) is 6.07 Å². The summed E-state index contributed by atoms with van der Waals surface area (Å²) >= 11 is 0. The number of pyridine rings is 1. The molecule has 0 saturated heterocycles. The highest BCUT2D eigenvalue weighted by Gasteiger charge is 2.33. The summed E-state index contributed by atoms with van der Waals surface area (Å²) in [5.74, 6) is -4.36. The summed E-state index contributed by atoms with van der Waals surface area (Å²) in [6.07, 6.45) is 6.31. The predicted octanol–water partition coefficient (Wildman–Crippen LogP) is 3.43. The van der Waals surface area contributed by atoms with Crippen LogP contribution in [0.25, 0.3) is 16.9 Å². The third kappa shape index (κ3) is 4.86. The molecule has 0 bridgehead atoms. The minimum Gasteiger partial charge on any atom is -0.344 e. The highest BCUT2D eigenvalue weighted by Crippen LogP contribution is 2.29. The SMILES string of the molecule is Cc1ccc(-c2cc(C(=O)NC(C)c3cnccn3)cc(-n3nnnc3C(C)(F)F)c2)nc1. The van der Waals surface area contributed by atoms with Gasteiger partial charge >= 0.3 is 5.92 Å². The molecule has 9 nitrogen and oxygen atoms in total. The van der Waals surface area contributed by atoms with Gasteiger partial charge in [0.25, 0.3) is 5.91 Å². The number of aryl methyl sites for hydroxylation is 1. The lowest BCUT2D eigenvalue weighted by Gasteiger charge is -2.15. The molecule has 0 fully saturated rings. The molecule has 0 spiro atoms. The molecule has 0 aliphatic carbocycles. The second-order valence-electron chi connectivity index (χ2n) is 7.62. The Bertz CT molecular complexity index is 1270. The number of nitrogens with one attached hydrogen (secondary N) is 1. The Kier molecular flexibility index (Phi) is 5.86. The summed E-state index contributed by atoms with van der Waals surface area (Å²) in [5, 5.41) is 13.4. The third-order valence-corrected chi connectivity index (χ3v) is 4.87. The van der Waals surface area contributed by atoms with Crippen LogP contribution < -0.4 is 5.32 Å². The van der Waals surface area contributed by atoms with Gasteiger partial charge in [-0.15, -0.1) is 5.10 Å². The van der Waals surface area contributed by atoms with E-state index in [1.807, 2.05) is 13.0 Å². The number of carbonyl (C=O) groups excluding carboxylic acids is 1. The molecule has 168 valence electrons. The molecule has 0 aliphatic heterocycles. The minimum absolute atomic E-state index is 0.203. The molecule has 4 rings (SSSR count). The number of benzene rings is 1. The normalized spacial score (nSPS) is 12.4. The van der Waals surface area contributed by atoms with Crippen molar-refractivity contribution in [2.24, 2.45) is 0 Å². The van der Waals surface area contributed by atoms with Crippen molar-refractivity contribution in [2.75, 3.05) is 0 Å². The second kappa shape index (κ2) is 8.77. The molecule has 1 atom stereocenters. The molecular formula is C22H20F2N8O. The van der Waals surface area contributed by atoms with Crippen LogP contribution in [0.3, 0.4) is 0 Å². The van der Waals surface area contributed by atoms with Crippen LogP contribution >= 0.6 is 0 Å². The molecule has 0 saturated carbocycles. The summed E-state index contributed by atoms with van der Waals surface area (Å²) in [6, 6.07) is 7.91. The van der Waals surface area contributed by atoms with E-state index in [1.54, 1.807) is 37.5 Å². The second-order valence-corrected chi connectivity index (χ2v) is 7.62. The van der Waals surface area contributed by atoms with Gasteiger partial charge in [-0.25, -0.2) is 0 Å². The van der Waals surface area contributed by atoms with E-state index in [-0.39, 0.29) is 11.3 Å². The lowest BCUT2D eigenvalue weighted by atomic mass is 10.0. The van der Waals surface area contributed by atoms with E-state index in [9.17, 15) is 13.6 Å². The molecule has 1 amide bonds. The third-order valence-electron chi connectivity index (χ3n) is 4.87. The Morgan fingerprint density at radius 2 is 1.94 bits per heavy atom. The quantitative estimate of drug-likeness (QED) is 0.479. The summed E-state index contributed by atoms with van der Waals surface area (Å²) in [4.78, 5) is 25.7. The van der Waals surface area contributed by atoms with Crippen molar-refractivity contribution in [1.82, 2.24) is 40.5 Å². The fourth-order valence-electron chi connectivity index (χ4n) is 3.17. The Labute approximate surface area is 187 Å². The number of alkyl halides is 2. The Hall–Kier alpha value is -4.15. The maximum atomic E-state index is 14.1. The van der Waals surface area contributed by atoms with Crippen LogP contribution in [0.5, 0.6) is 0 Å². The van der Waals surface area contributed by atoms with Crippen LogP contribution in [0.2, 0.25) is 0 Å². The molecule has 33 heavy (non-hydrogen) atoms. The smallest absolute Gasteiger partial charge is 0.305 e. The first kappa shape index (κ1) is 22.1. The van der Waals surface area contributed by atoms with E-state index in [0.717, 1.165) is 10.2 Å². The molecule has 3 aromatic heterocycles. The molecule has 0 aliphatic rings. The number of carbonyl (C=O) groups is 1. The lowest BCUT2D eigenvalue weighted by molar-refractivity contribution is 0.00527. The molecule has 11 heteroatoms. The number of hydrogen-bond acceptors (Lipinski definition) is 7. The van der Waals surface area contributed by atoms with Crippen LogP contribution in [-0.4, -0.2) is 41.1 Å². The molecule has 4 aromatic rings. The van der Waals surface area contributed by atoms with Crippen molar-refractivity contribution in [1.29, 1.82) is 0 Å². The van der Waals surface area contributed by atoms with Gasteiger partial charge in [0.05, 0.1) is 29.3 Å². The first-order chi connectivity index (χ1) is 15.7. The maximum absolute atomic E-state index is 14.1. The van der Waals surface area contributed by atoms with Crippen molar-refractivity contribution in [3.63, 3.8) is 0 Å². The van der Waals surface area contributed by atoms with E-state index >= 15 is 0 Å². The lowest BCUT2D eigenvalue weighted by Crippen LogP contribution is -2.27. The van der Waals surface area contributed by atoms with Crippen LogP contribution in [-0.2, 0) is 5.92 Å². The summed E-state index contributed by atoms with van der Waals surface area (Å²) in [6.45, 7) is 4.37. The van der Waals surface area contributed by atoms with E-state index in [4.69, 9.17) is 0 Å². The maximum Gasteiger partial charge on any atom is 0.305 e. The highest BCUT2D eigenvalue weighted by molar-refractivity contribution is 5.96. The summed E-state index contributed by atoms with van der Waals surface area (Å²) < 4.78 is 29.0. The van der Waals surface area contributed by atoms with Gasteiger partial charge in [0.1, 0.15) is 0 Å². The molecule has 1 aromatic carbocycles. The molecule has 0 radical (unpaired) electrons. The average molecular weight is 450 g/mol. The number of tetrazole rings is 1. The zero-order valence-corrected chi connectivity index (χ0v) is 18.1. The fourth-order valence-corrected chi connectivity index (χ4v) is 3.17. The Morgan fingerprint density at radius 3 is 2.61 bits per heavy atom. The van der Waals surface area contributed by atoms with Gasteiger partial charge in [0, 0.05) is 36.6 Å². The van der Waals surface area contributed by atoms with Gasteiger partial charge < -0.3 is 5.32 Å².